The molecule has 22 heavy (non-hydrogen) atoms. The summed E-state index contributed by atoms with van der Waals surface area (Å²) in [5.41, 5.74) is 0. The SMILES string of the molecule is CC(C)CCC[N+](C)(C)CC(O)C[N+](C)(C)CCCN(C)C. The molecule has 0 aliphatic rings. The Bertz CT molecular complexity index is 260. The van der Waals surface area contributed by atoms with Gasteiger partial charge >= 0.3 is 0 Å². The summed E-state index contributed by atoms with van der Waals surface area (Å²) in [6, 6.07) is 0. The highest BCUT2D eigenvalue weighted by Crippen LogP contribution is 2.10. The molecule has 0 saturated carbocycles. The number of hydrogen-bond acceptors (Lipinski definition) is 2. The molecule has 4 nitrogen and oxygen atoms in total. The van der Waals surface area contributed by atoms with Crippen LogP contribution in [0.5, 0.6) is 0 Å². The fraction of sp³-hybridized carbons (Fsp3) is 1.00. The van der Waals surface area contributed by atoms with Crippen LogP contribution in [0.4, 0.5) is 0 Å². The largest absolute Gasteiger partial charge is 0.382 e. The third-order valence-electron chi connectivity index (χ3n) is 4.32. The molecule has 0 aromatic heterocycles. The molecule has 1 unspecified atom stereocenters. The maximum absolute atomic E-state index is 10.5. The van der Waals surface area contributed by atoms with Crippen LogP contribution in [0, 0.1) is 5.92 Å². The van der Waals surface area contributed by atoms with Crippen molar-refractivity contribution in [3.05, 3.63) is 0 Å². The lowest BCUT2D eigenvalue weighted by Gasteiger charge is -2.36. The molecule has 0 heterocycles. The highest BCUT2D eigenvalue weighted by Gasteiger charge is 2.26. The molecule has 0 radical (unpaired) electrons. The van der Waals surface area contributed by atoms with Crippen LogP contribution in [-0.2, 0) is 0 Å². The third-order valence-corrected chi connectivity index (χ3v) is 4.32. The van der Waals surface area contributed by atoms with E-state index in [1.54, 1.807) is 0 Å². The van der Waals surface area contributed by atoms with Crippen LogP contribution in [0.2, 0.25) is 0 Å². The third kappa shape index (κ3) is 12.4. The van der Waals surface area contributed by atoms with Crippen molar-refractivity contribution in [2.24, 2.45) is 5.92 Å². The number of hydrogen-bond donors (Lipinski definition) is 1. The van der Waals surface area contributed by atoms with Gasteiger partial charge in [-0.05, 0) is 32.9 Å². The average Bonchev–Trinajstić information content (AvgIpc) is 2.24. The zero-order valence-corrected chi connectivity index (χ0v) is 16.6. The monoisotopic (exact) mass is 317 g/mol. The van der Waals surface area contributed by atoms with Crippen LogP contribution in [0.15, 0.2) is 0 Å². The maximum atomic E-state index is 10.5. The van der Waals surface area contributed by atoms with E-state index in [0.717, 1.165) is 47.6 Å². The van der Waals surface area contributed by atoms with Gasteiger partial charge in [-0.25, -0.2) is 0 Å². The zero-order chi connectivity index (χ0) is 17.4. The molecule has 134 valence electrons. The number of rotatable bonds is 12. The molecular weight excluding hydrogens is 274 g/mol. The second-order valence-electron chi connectivity index (χ2n) is 9.03. The fourth-order valence-electron chi connectivity index (χ4n) is 3.12. The van der Waals surface area contributed by atoms with Gasteiger partial charge in [0.25, 0.3) is 0 Å². The number of likely N-dealkylation sites (N-methyl/N-ethyl adjacent to an activating group) is 2. The molecule has 0 saturated heterocycles. The van der Waals surface area contributed by atoms with Crippen molar-refractivity contribution >= 4 is 0 Å². The minimum atomic E-state index is -0.219. The standard InChI is InChI=1S/C18H43N3O/c1-17(2)11-9-13-20(5,6)15-18(22)16-21(7,8)14-10-12-19(3)4/h17-18,22H,9-16H2,1-8H3/q+2. The van der Waals surface area contributed by atoms with Gasteiger partial charge in [0.1, 0.15) is 13.1 Å². The van der Waals surface area contributed by atoms with Crippen LogP contribution in [0.1, 0.15) is 33.1 Å². The molecule has 1 atom stereocenters. The van der Waals surface area contributed by atoms with Gasteiger partial charge in [-0.1, -0.05) is 13.8 Å². The van der Waals surface area contributed by atoms with Crippen molar-refractivity contribution in [1.82, 2.24) is 4.90 Å². The predicted molar refractivity (Wildman–Crippen MR) is 96.9 cm³/mol. The van der Waals surface area contributed by atoms with E-state index in [9.17, 15) is 5.11 Å². The van der Waals surface area contributed by atoms with Gasteiger partial charge in [0.05, 0.1) is 41.3 Å². The molecular formula is C18H43N3O+2. The molecule has 4 heteroatoms. The fourth-order valence-corrected chi connectivity index (χ4v) is 3.12. The summed E-state index contributed by atoms with van der Waals surface area (Å²) in [5, 5.41) is 10.5. The van der Waals surface area contributed by atoms with Gasteiger partial charge in [-0.15, -0.1) is 0 Å². The van der Waals surface area contributed by atoms with Gasteiger partial charge in [-0.3, -0.25) is 0 Å². The summed E-state index contributed by atoms with van der Waals surface area (Å²) in [7, 11) is 13.2. The topological polar surface area (TPSA) is 23.5 Å². The van der Waals surface area contributed by atoms with E-state index >= 15 is 0 Å². The summed E-state index contributed by atoms with van der Waals surface area (Å²) in [5.74, 6) is 0.775. The van der Waals surface area contributed by atoms with E-state index in [1.807, 2.05) is 0 Å². The first-order valence-electron chi connectivity index (χ1n) is 8.90. The predicted octanol–water partition coefficient (Wildman–Crippen LogP) is 1.89. The normalized spacial score (nSPS) is 14.9. The second kappa shape index (κ2) is 9.86. The number of aliphatic hydroxyl groups is 1. The van der Waals surface area contributed by atoms with E-state index in [1.165, 1.54) is 19.3 Å². The first kappa shape index (κ1) is 21.8. The molecule has 0 rings (SSSR count). The molecule has 0 aliphatic carbocycles. The quantitative estimate of drug-likeness (QED) is 0.556. The Morgan fingerprint density at radius 2 is 1.32 bits per heavy atom. The molecule has 0 bridgehead atoms. The number of quaternary nitrogens is 2. The molecule has 0 spiro atoms. The van der Waals surface area contributed by atoms with Gasteiger partial charge in [0, 0.05) is 13.0 Å². The van der Waals surface area contributed by atoms with Gasteiger partial charge in [0.15, 0.2) is 6.10 Å². The van der Waals surface area contributed by atoms with Crippen molar-refractivity contribution in [3.8, 4) is 0 Å². The molecule has 0 aromatic carbocycles. The van der Waals surface area contributed by atoms with Crippen LogP contribution in [0.3, 0.4) is 0 Å². The minimum Gasteiger partial charge on any atom is -0.382 e. The molecule has 0 aliphatic heterocycles. The summed E-state index contributed by atoms with van der Waals surface area (Å²) in [6.07, 6.45) is 3.49. The first-order valence-corrected chi connectivity index (χ1v) is 8.90. The maximum Gasteiger partial charge on any atom is 0.152 e. The molecule has 1 N–H and O–H groups in total. The van der Waals surface area contributed by atoms with Crippen molar-refractivity contribution < 1.29 is 14.1 Å². The highest BCUT2D eigenvalue weighted by atomic mass is 16.3. The first-order chi connectivity index (χ1) is 9.93. The highest BCUT2D eigenvalue weighted by molar-refractivity contribution is 4.55. The number of nitrogens with zero attached hydrogens (tertiary/aromatic N) is 3. The lowest BCUT2D eigenvalue weighted by atomic mass is 10.1. The second-order valence-corrected chi connectivity index (χ2v) is 9.03. The smallest absolute Gasteiger partial charge is 0.152 e. The average molecular weight is 318 g/mol. The van der Waals surface area contributed by atoms with E-state index in [4.69, 9.17) is 0 Å². The van der Waals surface area contributed by atoms with E-state index in [-0.39, 0.29) is 6.10 Å². The summed E-state index contributed by atoms with van der Waals surface area (Å²) in [4.78, 5) is 2.23. The van der Waals surface area contributed by atoms with Crippen LogP contribution < -0.4 is 0 Å². The van der Waals surface area contributed by atoms with Crippen LogP contribution in [-0.4, -0.2) is 100 Å². The minimum absolute atomic E-state index is 0.219. The van der Waals surface area contributed by atoms with E-state index in [0.29, 0.717) is 0 Å². The zero-order valence-electron chi connectivity index (χ0n) is 16.6. The summed E-state index contributed by atoms with van der Waals surface area (Å²) < 4.78 is 1.83. The summed E-state index contributed by atoms with van der Waals surface area (Å²) >= 11 is 0. The van der Waals surface area contributed by atoms with Gasteiger partial charge < -0.3 is 19.0 Å². The van der Waals surface area contributed by atoms with Crippen LogP contribution >= 0.6 is 0 Å². The van der Waals surface area contributed by atoms with Crippen molar-refractivity contribution in [2.75, 3.05) is 75.0 Å². The Kier molecular flexibility index (Phi) is 9.79. The van der Waals surface area contributed by atoms with Crippen molar-refractivity contribution in [1.29, 1.82) is 0 Å². The summed E-state index contributed by atoms with van der Waals surface area (Å²) in [6.45, 7) is 9.66. The number of aliphatic hydroxyl groups excluding tert-OH is 1. The Morgan fingerprint density at radius 3 is 1.73 bits per heavy atom. The van der Waals surface area contributed by atoms with Gasteiger partial charge in [0.2, 0.25) is 0 Å². The van der Waals surface area contributed by atoms with Gasteiger partial charge in [-0.2, -0.15) is 0 Å². The molecule has 0 aromatic rings. The Labute approximate surface area is 139 Å². The molecule has 0 amide bonds. The van der Waals surface area contributed by atoms with E-state index < -0.39 is 0 Å². The Morgan fingerprint density at radius 1 is 0.864 bits per heavy atom. The lowest BCUT2D eigenvalue weighted by molar-refractivity contribution is -0.914. The Balaban J connectivity index is 4.14. The van der Waals surface area contributed by atoms with Crippen molar-refractivity contribution in [3.63, 3.8) is 0 Å². The lowest BCUT2D eigenvalue weighted by Crippen LogP contribution is -2.53. The van der Waals surface area contributed by atoms with Crippen molar-refractivity contribution in [2.45, 2.75) is 39.2 Å². The molecule has 0 fully saturated rings. The van der Waals surface area contributed by atoms with E-state index in [2.05, 4.69) is 61.0 Å². The van der Waals surface area contributed by atoms with Crippen LogP contribution in [0.25, 0.3) is 0 Å². The Hall–Kier alpha value is -0.160.